The number of rotatable bonds is 5. The Hall–Kier alpha value is -3.23. The van der Waals surface area contributed by atoms with Gasteiger partial charge in [0.05, 0.1) is 4.92 Å². The third-order valence-corrected chi connectivity index (χ3v) is 4.40. The minimum absolute atomic E-state index is 0.128. The lowest BCUT2D eigenvalue weighted by atomic mass is 10.1. The number of aryl methyl sites for hydroxylation is 1. The summed E-state index contributed by atoms with van der Waals surface area (Å²) in [5.74, 6) is 1.09. The van der Waals surface area contributed by atoms with Crippen LogP contribution in [0.4, 0.5) is 17.5 Å². The zero-order chi connectivity index (χ0) is 19.4. The van der Waals surface area contributed by atoms with Crippen LogP contribution >= 0.6 is 0 Å². The van der Waals surface area contributed by atoms with Crippen LogP contribution in [0.2, 0.25) is 0 Å². The summed E-state index contributed by atoms with van der Waals surface area (Å²) in [4.78, 5) is 36.0. The molecule has 1 amide bonds. The van der Waals surface area contributed by atoms with Crippen LogP contribution in [-0.4, -0.2) is 58.4 Å². The molecule has 1 saturated heterocycles. The lowest BCUT2D eigenvalue weighted by Crippen LogP contribution is -2.49. The number of aromatic nitrogens is 2. The van der Waals surface area contributed by atoms with Crippen molar-refractivity contribution < 1.29 is 9.72 Å². The highest BCUT2D eigenvalue weighted by Gasteiger charge is 2.27. The van der Waals surface area contributed by atoms with E-state index in [-0.39, 0.29) is 17.2 Å². The van der Waals surface area contributed by atoms with Gasteiger partial charge in [-0.3, -0.25) is 14.9 Å². The van der Waals surface area contributed by atoms with Crippen molar-refractivity contribution in [2.75, 3.05) is 42.9 Å². The Bertz CT molecular complexity index is 849. The Morgan fingerprint density at radius 3 is 2.59 bits per heavy atom. The van der Waals surface area contributed by atoms with Crippen molar-refractivity contribution in [3.05, 3.63) is 51.7 Å². The van der Waals surface area contributed by atoms with Gasteiger partial charge in [0.15, 0.2) is 0 Å². The average Bonchev–Trinajstić information content (AvgIpc) is 2.67. The first-order valence-corrected chi connectivity index (χ1v) is 8.86. The molecule has 0 spiro atoms. The van der Waals surface area contributed by atoms with Gasteiger partial charge in [0.1, 0.15) is 11.4 Å². The topological polar surface area (TPSA) is 105 Å². The van der Waals surface area contributed by atoms with Gasteiger partial charge in [-0.1, -0.05) is 12.1 Å². The first-order chi connectivity index (χ1) is 13.0. The van der Waals surface area contributed by atoms with Gasteiger partial charge < -0.3 is 15.1 Å². The van der Waals surface area contributed by atoms with Gasteiger partial charge in [-0.25, -0.2) is 4.98 Å². The molecule has 27 heavy (non-hydrogen) atoms. The fourth-order valence-electron chi connectivity index (χ4n) is 3.07. The van der Waals surface area contributed by atoms with Crippen molar-refractivity contribution in [3.8, 4) is 0 Å². The van der Waals surface area contributed by atoms with Crippen LogP contribution in [0, 0.1) is 17.0 Å². The van der Waals surface area contributed by atoms with Crippen molar-refractivity contribution in [2.45, 2.75) is 13.8 Å². The van der Waals surface area contributed by atoms with Gasteiger partial charge in [-0.2, -0.15) is 4.98 Å². The van der Waals surface area contributed by atoms with E-state index in [0.717, 1.165) is 18.1 Å². The minimum Gasteiger partial charge on any atom is -0.354 e. The Morgan fingerprint density at radius 1 is 1.22 bits per heavy atom. The summed E-state index contributed by atoms with van der Waals surface area (Å²) in [7, 11) is 0. The molecule has 1 N–H and O–H groups in total. The maximum absolute atomic E-state index is 12.7. The SMILES string of the molecule is CCNc1nc(C)cc(N2CCN(C(=O)c3ccccc3[N+](=O)[O-])CC2)n1. The average molecular weight is 370 g/mol. The third kappa shape index (κ3) is 4.13. The number of nitrogens with zero attached hydrogens (tertiary/aromatic N) is 5. The van der Waals surface area contributed by atoms with Crippen LogP contribution in [-0.2, 0) is 0 Å². The van der Waals surface area contributed by atoms with E-state index in [1.54, 1.807) is 17.0 Å². The molecule has 1 fully saturated rings. The van der Waals surface area contributed by atoms with E-state index in [2.05, 4.69) is 20.2 Å². The molecule has 3 rings (SSSR count). The second-order valence-electron chi connectivity index (χ2n) is 6.27. The minimum atomic E-state index is -0.518. The molecule has 2 heterocycles. The number of para-hydroxylation sites is 1. The summed E-state index contributed by atoms with van der Waals surface area (Å²) >= 11 is 0. The summed E-state index contributed by atoms with van der Waals surface area (Å²) in [5, 5.41) is 14.3. The zero-order valence-corrected chi connectivity index (χ0v) is 15.4. The molecular formula is C18H22N6O3. The molecule has 0 atom stereocenters. The maximum Gasteiger partial charge on any atom is 0.282 e. The monoisotopic (exact) mass is 370 g/mol. The smallest absolute Gasteiger partial charge is 0.282 e. The molecule has 142 valence electrons. The van der Waals surface area contributed by atoms with Gasteiger partial charge in [-0.05, 0) is 19.9 Å². The van der Waals surface area contributed by atoms with E-state index >= 15 is 0 Å². The molecule has 1 aliphatic heterocycles. The number of benzene rings is 1. The van der Waals surface area contributed by atoms with Crippen molar-refractivity contribution in [1.29, 1.82) is 0 Å². The standard InChI is InChI=1S/C18H22N6O3/c1-3-19-18-20-13(2)12-16(21-18)22-8-10-23(11-9-22)17(25)14-6-4-5-7-15(14)24(26)27/h4-7,12H,3,8-11H2,1-2H3,(H,19,20,21). The summed E-state index contributed by atoms with van der Waals surface area (Å²) < 4.78 is 0. The lowest BCUT2D eigenvalue weighted by molar-refractivity contribution is -0.385. The number of piperazine rings is 1. The fraction of sp³-hybridized carbons (Fsp3) is 0.389. The van der Waals surface area contributed by atoms with Crippen molar-refractivity contribution in [1.82, 2.24) is 14.9 Å². The van der Waals surface area contributed by atoms with Gasteiger partial charge in [0.25, 0.3) is 11.6 Å². The molecule has 1 aromatic carbocycles. The molecule has 9 nitrogen and oxygen atoms in total. The Kier molecular flexibility index (Phi) is 5.49. The molecular weight excluding hydrogens is 348 g/mol. The normalized spacial score (nSPS) is 14.1. The van der Waals surface area contributed by atoms with Crippen LogP contribution in [0.5, 0.6) is 0 Å². The van der Waals surface area contributed by atoms with E-state index in [1.807, 2.05) is 19.9 Å². The Morgan fingerprint density at radius 2 is 1.93 bits per heavy atom. The molecule has 0 saturated carbocycles. The highest BCUT2D eigenvalue weighted by molar-refractivity contribution is 5.98. The van der Waals surface area contributed by atoms with Crippen LogP contribution in [0.1, 0.15) is 23.0 Å². The first-order valence-electron chi connectivity index (χ1n) is 8.86. The van der Waals surface area contributed by atoms with Crippen molar-refractivity contribution in [3.63, 3.8) is 0 Å². The van der Waals surface area contributed by atoms with Crippen LogP contribution in [0.3, 0.4) is 0 Å². The predicted octanol–water partition coefficient (Wildman–Crippen LogP) is 2.09. The second-order valence-corrected chi connectivity index (χ2v) is 6.27. The molecule has 0 bridgehead atoms. The lowest BCUT2D eigenvalue weighted by Gasteiger charge is -2.35. The number of nitro groups is 1. The molecule has 2 aromatic rings. The number of carbonyl (C=O) groups is 1. The Balaban J connectivity index is 1.71. The number of anilines is 2. The van der Waals surface area contributed by atoms with Crippen LogP contribution in [0.15, 0.2) is 30.3 Å². The number of carbonyl (C=O) groups excluding carboxylic acids is 1. The summed E-state index contributed by atoms with van der Waals surface area (Å²) in [6, 6.07) is 7.98. The van der Waals surface area contributed by atoms with E-state index in [4.69, 9.17) is 0 Å². The number of nitrogens with one attached hydrogen (secondary N) is 1. The number of amides is 1. The molecule has 0 radical (unpaired) electrons. The van der Waals surface area contributed by atoms with Gasteiger partial charge in [0, 0.05) is 50.6 Å². The van der Waals surface area contributed by atoms with Crippen LogP contribution in [0.25, 0.3) is 0 Å². The molecule has 9 heteroatoms. The quantitative estimate of drug-likeness (QED) is 0.635. The van der Waals surface area contributed by atoms with E-state index in [1.165, 1.54) is 12.1 Å². The van der Waals surface area contributed by atoms with Gasteiger partial charge in [0.2, 0.25) is 5.95 Å². The summed E-state index contributed by atoms with van der Waals surface area (Å²) in [6.07, 6.45) is 0. The largest absolute Gasteiger partial charge is 0.354 e. The number of hydrogen-bond donors (Lipinski definition) is 1. The molecule has 0 aliphatic carbocycles. The zero-order valence-electron chi connectivity index (χ0n) is 15.4. The Labute approximate surface area is 157 Å². The van der Waals surface area contributed by atoms with E-state index < -0.39 is 4.92 Å². The van der Waals surface area contributed by atoms with Crippen LogP contribution < -0.4 is 10.2 Å². The van der Waals surface area contributed by atoms with Gasteiger partial charge in [-0.15, -0.1) is 0 Å². The molecule has 1 aliphatic rings. The summed E-state index contributed by atoms with van der Waals surface area (Å²) in [5.41, 5.74) is 0.837. The number of nitro benzene ring substituents is 1. The maximum atomic E-state index is 12.7. The third-order valence-electron chi connectivity index (χ3n) is 4.40. The molecule has 0 unspecified atom stereocenters. The van der Waals surface area contributed by atoms with E-state index in [0.29, 0.717) is 32.1 Å². The second kappa shape index (κ2) is 7.98. The number of hydrogen-bond acceptors (Lipinski definition) is 7. The van der Waals surface area contributed by atoms with Gasteiger partial charge >= 0.3 is 0 Å². The predicted molar refractivity (Wildman–Crippen MR) is 102 cm³/mol. The van der Waals surface area contributed by atoms with Crippen molar-refractivity contribution >= 4 is 23.4 Å². The highest BCUT2D eigenvalue weighted by atomic mass is 16.6. The fourth-order valence-corrected chi connectivity index (χ4v) is 3.07. The summed E-state index contributed by atoms with van der Waals surface area (Å²) in [6.45, 7) is 6.80. The first kappa shape index (κ1) is 18.6. The highest BCUT2D eigenvalue weighted by Crippen LogP contribution is 2.22. The molecule has 1 aromatic heterocycles. The van der Waals surface area contributed by atoms with E-state index in [9.17, 15) is 14.9 Å². The van der Waals surface area contributed by atoms with Crippen molar-refractivity contribution in [2.24, 2.45) is 0 Å².